The van der Waals surface area contributed by atoms with Crippen molar-refractivity contribution in [3.63, 3.8) is 0 Å². The molecule has 3 aromatic rings. The summed E-state index contributed by atoms with van der Waals surface area (Å²) in [4.78, 5) is 27.9. The van der Waals surface area contributed by atoms with Crippen LogP contribution in [-0.4, -0.2) is 50.9 Å². The first-order valence-electron chi connectivity index (χ1n) is 12.8. The zero-order valence-electron chi connectivity index (χ0n) is 22.3. The Labute approximate surface area is 229 Å². The number of sulfonamides is 1. The number of carbonyl (C=O) groups is 2. The lowest BCUT2D eigenvalue weighted by Crippen LogP contribution is -2.51. The van der Waals surface area contributed by atoms with Gasteiger partial charge in [0.05, 0.1) is 17.2 Å². The highest BCUT2D eigenvalue weighted by atomic mass is 32.2. The Balaban J connectivity index is 1.99. The Kier molecular flexibility index (Phi) is 10.4. The summed E-state index contributed by atoms with van der Waals surface area (Å²) >= 11 is 0. The van der Waals surface area contributed by atoms with Crippen LogP contribution in [0, 0.1) is 5.82 Å². The van der Waals surface area contributed by atoms with E-state index in [-0.39, 0.29) is 23.0 Å². The number of carbonyl (C=O) groups excluding carboxylic acids is 2. The molecule has 8 nitrogen and oxygen atoms in total. The summed E-state index contributed by atoms with van der Waals surface area (Å²) < 4.78 is 47.6. The van der Waals surface area contributed by atoms with E-state index in [1.165, 1.54) is 41.3 Å². The fourth-order valence-electron chi connectivity index (χ4n) is 3.90. The zero-order chi connectivity index (χ0) is 28.4. The summed E-state index contributed by atoms with van der Waals surface area (Å²) in [5, 5.41) is 2.80. The third-order valence-electron chi connectivity index (χ3n) is 6.03. The second-order valence-electron chi connectivity index (χ2n) is 8.87. The average molecular weight is 556 g/mol. The topological polar surface area (TPSA) is 96.0 Å². The summed E-state index contributed by atoms with van der Waals surface area (Å²) in [7, 11) is -4.25. The smallest absolute Gasteiger partial charge is 0.264 e. The molecule has 0 radical (unpaired) electrons. The van der Waals surface area contributed by atoms with Crippen LogP contribution in [-0.2, 0) is 26.2 Å². The van der Waals surface area contributed by atoms with Crippen LogP contribution in [0.1, 0.15) is 32.8 Å². The van der Waals surface area contributed by atoms with E-state index in [1.54, 1.807) is 6.92 Å². The van der Waals surface area contributed by atoms with Gasteiger partial charge in [-0.2, -0.15) is 0 Å². The Hall–Kier alpha value is -3.92. The van der Waals surface area contributed by atoms with Gasteiger partial charge in [0.25, 0.3) is 10.0 Å². The molecule has 1 N–H and O–H groups in total. The second kappa shape index (κ2) is 13.7. The van der Waals surface area contributed by atoms with E-state index in [1.807, 2.05) is 44.2 Å². The van der Waals surface area contributed by atoms with E-state index in [2.05, 4.69) is 5.32 Å². The van der Waals surface area contributed by atoms with Gasteiger partial charge in [-0.05, 0) is 74.4 Å². The fraction of sp³-hybridized carbons (Fsp3) is 0.310. The predicted molar refractivity (Wildman–Crippen MR) is 148 cm³/mol. The first-order valence-corrected chi connectivity index (χ1v) is 14.2. The van der Waals surface area contributed by atoms with Crippen molar-refractivity contribution in [1.82, 2.24) is 10.2 Å². The molecule has 0 bridgehead atoms. The van der Waals surface area contributed by atoms with Crippen LogP contribution in [0.3, 0.4) is 0 Å². The van der Waals surface area contributed by atoms with Crippen LogP contribution >= 0.6 is 0 Å². The van der Waals surface area contributed by atoms with Crippen molar-refractivity contribution in [2.45, 2.75) is 44.7 Å². The Morgan fingerprint density at radius 3 is 2.18 bits per heavy atom. The summed E-state index contributed by atoms with van der Waals surface area (Å²) in [5.41, 5.74) is 0.894. The Bertz CT molecular complexity index is 1330. The third-order valence-corrected chi connectivity index (χ3v) is 7.82. The zero-order valence-corrected chi connectivity index (χ0v) is 23.2. The molecule has 208 valence electrons. The van der Waals surface area contributed by atoms with Crippen molar-refractivity contribution in [1.29, 1.82) is 0 Å². The maximum absolute atomic E-state index is 13.8. The molecule has 0 aliphatic heterocycles. The quantitative estimate of drug-likeness (QED) is 0.338. The van der Waals surface area contributed by atoms with Gasteiger partial charge in [0.2, 0.25) is 11.8 Å². The molecular weight excluding hydrogens is 521 g/mol. The highest BCUT2D eigenvalue weighted by Crippen LogP contribution is 2.26. The van der Waals surface area contributed by atoms with Gasteiger partial charge < -0.3 is 15.0 Å². The van der Waals surface area contributed by atoms with E-state index in [9.17, 15) is 22.4 Å². The summed E-state index contributed by atoms with van der Waals surface area (Å²) in [5.74, 6) is -0.974. The molecule has 0 aromatic heterocycles. The number of hydrogen-bond acceptors (Lipinski definition) is 5. The fourth-order valence-corrected chi connectivity index (χ4v) is 5.31. The minimum absolute atomic E-state index is 0.0635. The van der Waals surface area contributed by atoms with Crippen molar-refractivity contribution in [2.24, 2.45) is 0 Å². The largest absolute Gasteiger partial charge is 0.494 e. The molecule has 3 aromatic carbocycles. The lowest BCUT2D eigenvalue weighted by molar-refractivity contribution is -0.139. The van der Waals surface area contributed by atoms with Gasteiger partial charge in [-0.1, -0.05) is 37.3 Å². The molecule has 0 aliphatic rings. The molecule has 39 heavy (non-hydrogen) atoms. The molecular formula is C29H34FN3O5S. The highest BCUT2D eigenvalue weighted by molar-refractivity contribution is 7.92. The van der Waals surface area contributed by atoms with E-state index >= 15 is 0 Å². The number of anilines is 1. The van der Waals surface area contributed by atoms with Gasteiger partial charge in [-0.25, -0.2) is 12.8 Å². The van der Waals surface area contributed by atoms with E-state index in [4.69, 9.17) is 4.74 Å². The molecule has 0 saturated heterocycles. The highest BCUT2D eigenvalue weighted by Gasteiger charge is 2.32. The van der Waals surface area contributed by atoms with Crippen LogP contribution in [0.15, 0.2) is 83.8 Å². The summed E-state index contributed by atoms with van der Waals surface area (Å²) in [6.45, 7) is 5.71. The van der Waals surface area contributed by atoms with Crippen molar-refractivity contribution < 1.29 is 27.1 Å². The van der Waals surface area contributed by atoms with Crippen LogP contribution in [0.4, 0.5) is 10.1 Å². The van der Waals surface area contributed by atoms with Crippen LogP contribution in [0.5, 0.6) is 5.75 Å². The van der Waals surface area contributed by atoms with E-state index in [0.29, 0.717) is 18.9 Å². The number of amides is 2. The van der Waals surface area contributed by atoms with Crippen LogP contribution in [0.2, 0.25) is 0 Å². The minimum atomic E-state index is -4.25. The molecule has 3 rings (SSSR count). The number of rotatable bonds is 13. The molecule has 0 fully saturated rings. The number of halogens is 1. The number of nitrogens with zero attached hydrogens (tertiary/aromatic N) is 2. The molecule has 10 heteroatoms. The summed E-state index contributed by atoms with van der Waals surface area (Å²) in [6.07, 6.45) is 0.726. The van der Waals surface area contributed by atoms with Gasteiger partial charge in [0.1, 0.15) is 24.2 Å². The first-order chi connectivity index (χ1) is 18.7. The Morgan fingerprint density at radius 2 is 1.59 bits per heavy atom. The van der Waals surface area contributed by atoms with Crippen molar-refractivity contribution in [3.8, 4) is 5.75 Å². The van der Waals surface area contributed by atoms with Crippen molar-refractivity contribution in [2.75, 3.05) is 24.0 Å². The molecule has 2 amide bonds. The molecule has 0 aliphatic carbocycles. The van der Waals surface area contributed by atoms with Gasteiger partial charge in [0.15, 0.2) is 0 Å². The molecule has 0 saturated carbocycles. The third kappa shape index (κ3) is 7.79. The molecule has 0 heterocycles. The standard InChI is InChI=1S/C29H34FN3O5S/c1-4-19-31-29(35)22(3)32(20-23-9-7-6-8-10-23)28(34)21-33(25-13-11-24(30)12-14-25)39(36,37)27-17-15-26(16-18-27)38-5-2/h6-18,22H,4-5,19-21H2,1-3H3,(H,31,35)/t22-/m0/s1. The maximum Gasteiger partial charge on any atom is 0.264 e. The lowest BCUT2D eigenvalue weighted by atomic mass is 10.1. The van der Waals surface area contributed by atoms with E-state index in [0.717, 1.165) is 28.4 Å². The van der Waals surface area contributed by atoms with Crippen molar-refractivity contribution >= 4 is 27.5 Å². The maximum atomic E-state index is 13.8. The van der Waals surface area contributed by atoms with E-state index < -0.39 is 34.3 Å². The van der Waals surface area contributed by atoms with Gasteiger partial charge in [-0.15, -0.1) is 0 Å². The van der Waals surface area contributed by atoms with Crippen molar-refractivity contribution in [3.05, 3.63) is 90.2 Å². The molecule has 1 atom stereocenters. The van der Waals surface area contributed by atoms with Gasteiger partial charge >= 0.3 is 0 Å². The summed E-state index contributed by atoms with van der Waals surface area (Å²) in [6, 6.07) is 19.0. The van der Waals surface area contributed by atoms with Gasteiger partial charge in [-0.3, -0.25) is 13.9 Å². The normalized spacial score (nSPS) is 11.9. The lowest BCUT2D eigenvalue weighted by Gasteiger charge is -2.32. The monoisotopic (exact) mass is 555 g/mol. The molecule has 0 unspecified atom stereocenters. The SMILES string of the molecule is CCCNC(=O)[C@H](C)N(Cc1ccccc1)C(=O)CN(c1ccc(F)cc1)S(=O)(=O)c1ccc(OCC)cc1. The van der Waals surface area contributed by atoms with Crippen LogP contribution in [0.25, 0.3) is 0 Å². The Morgan fingerprint density at radius 1 is 0.949 bits per heavy atom. The first kappa shape index (κ1) is 29.6. The second-order valence-corrected chi connectivity index (χ2v) is 10.7. The number of ether oxygens (including phenoxy) is 1. The number of nitrogens with one attached hydrogen (secondary N) is 1. The number of hydrogen-bond donors (Lipinski definition) is 1. The minimum Gasteiger partial charge on any atom is -0.494 e. The van der Waals surface area contributed by atoms with Crippen LogP contribution < -0.4 is 14.4 Å². The number of benzene rings is 3. The average Bonchev–Trinajstić information content (AvgIpc) is 2.94. The van der Waals surface area contributed by atoms with Gasteiger partial charge in [0, 0.05) is 13.1 Å². The predicted octanol–water partition coefficient (Wildman–Crippen LogP) is 4.36. The molecule has 0 spiro atoms.